The maximum atomic E-state index is 12.8. The molecule has 0 radical (unpaired) electrons. The molecule has 4 rings (SSSR count). The largest absolute Gasteiger partial charge is 0.462 e. The molecule has 0 aliphatic heterocycles. The molecular weight excluding hydrogens is 380 g/mol. The quantitative estimate of drug-likeness (QED) is 0.499. The maximum Gasteiger partial charge on any atom is 0.303 e. The lowest BCUT2D eigenvalue weighted by atomic mass is 9.47. The Balaban J connectivity index is 1.52. The third kappa shape index (κ3) is 3.44. The molecule has 2 fully saturated rings. The van der Waals surface area contributed by atoms with Crippen molar-refractivity contribution >= 4 is 17.7 Å². The Morgan fingerprint density at radius 3 is 2.40 bits per heavy atom. The lowest BCUT2D eigenvalue weighted by Crippen LogP contribution is -2.50. The molecule has 164 valence electrons. The predicted octanol–water partition coefficient (Wildman–Crippen LogP) is 4.55. The number of rotatable bonds is 4. The zero-order valence-electron chi connectivity index (χ0n) is 18.7. The molecule has 0 bridgehead atoms. The van der Waals surface area contributed by atoms with Crippen molar-refractivity contribution in [3.63, 3.8) is 0 Å². The molecule has 5 nitrogen and oxygen atoms in total. The van der Waals surface area contributed by atoms with Crippen molar-refractivity contribution in [2.75, 3.05) is 6.61 Å². The van der Waals surface area contributed by atoms with Crippen LogP contribution in [0.5, 0.6) is 0 Å². The van der Waals surface area contributed by atoms with Gasteiger partial charge in [0, 0.05) is 25.8 Å². The van der Waals surface area contributed by atoms with E-state index in [-0.39, 0.29) is 35.3 Å². The van der Waals surface area contributed by atoms with Crippen LogP contribution in [0.2, 0.25) is 0 Å². The van der Waals surface area contributed by atoms with E-state index in [0.717, 1.165) is 50.5 Å². The minimum atomic E-state index is -0.408. The van der Waals surface area contributed by atoms with E-state index in [1.165, 1.54) is 19.4 Å². The lowest BCUT2D eigenvalue weighted by Gasteiger charge is -2.57. The molecular formula is C25H34O5. The van der Waals surface area contributed by atoms with E-state index in [1.807, 2.05) is 0 Å². The number of fused-ring (bicyclic) bond motifs is 5. The van der Waals surface area contributed by atoms with Crippen LogP contribution in [-0.2, 0) is 23.9 Å². The topological polar surface area (TPSA) is 69.7 Å². The Labute approximate surface area is 179 Å². The number of ether oxygens (including phenoxy) is 2. The van der Waals surface area contributed by atoms with Gasteiger partial charge in [-0.2, -0.15) is 0 Å². The van der Waals surface area contributed by atoms with Crippen molar-refractivity contribution in [2.45, 2.75) is 78.7 Å². The predicted molar refractivity (Wildman–Crippen MR) is 112 cm³/mol. The van der Waals surface area contributed by atoms with Crippen molar-refractivity contribution in [1.82, 2.24) is 0 Å². The van der Waals surface area contributed by atoms with Crippen molar-refractivity contribution in [1.29, 1.82) is 0 Å². The Morgan fingerprint density at radius 2 is 1.70 bits per heavy atom. The summed E-state index contributed by atoms with van der Waals surface area (Å²) in [7, 11) is 0. The minimum absolute atomic E-state index is 0.0193. The fourth-order valence-electron chi connectivity index (χ4n) is 7.21. The van der Waals surface area contributed by atoms with E-state index in [2.05, 4.69) is 26.0 Å². The number of allylic oxidation sites excluding steroid dienone is 2. The van der Waals surface area contributed by atoms with Crippen LogP contribution in [0.4, 0.5) is 0 Å². The van der Waals surface area contributed by atoms with Crippen LogP contribution < -0.4 is 0 Å². The van der Waals surface area contributed by atoms with Gasteiger partial charge in [-0.3, -0.25) is 14.4 Å². The van der Waals surface area contributed by atoms with E-state index in [1.54, 1.807) is 0 Å². The molecule has 0 heterocycles. The number of Topliss-reactive ketones (excluding diaryl/α,β-unsaturated/α-hetero) is 1. The van der Waals surface area contributed by atoms with Crippen LogP contribution in [0.25, 0.3) is 0 Å². The number of esters is 2. The standard InChI is InChI=1S/C25H34O5/c1-15(26)29-14-23(28)22-8-7-20-19-6-5-17-13-18(30-16(2)27)9-11-24(17,3)21(19)10-12-25(20,22)4/h5,8,18-21H,6-7,9-14H2,1-4H3/t18-,19+,20+,21-,24-,25-/m0/s1. The van der Waals surface area contributed by atoms with E-state index in [0.29, 0.717) is 17.8 Å². The SMILES string of the molecule is CC(=O)OCC(=O)C1=CC[C@@H]2[C@H]3CC=C4C[C@@H](OC(C)=O)CC[C@]4(C)[C@H]3CC[C@]12C. The van der Waals surface area contributed by atoms with Crippen LogP contribution >= 0.6 is 0 Å². The van der Waals surface area contributed by atoms with Crippen molar-refractivity contribution in [3.8, 4) is 0 Å². The summed E-state index contributed by atoms with van der Waals surface area (Å²) in [5, 5.41) is 0. The highest BCUT2D eigenvalue weighted by atomic mass is 16.5. The maximum absolute atomic E-state index is 12.8. The van der Waals surface area contributed by atoms with E-state index in [4.69, 9.17) is 9.47 Å². The Hall–Kier alpha value is -1.91. The highest BCUT2D eigenvalue weighted by molar-refractivity contribution is 5.99. The van der Waals surface area contributed by atoms with Gasteiger partial charge < -0.3 is 9.47 Å². The third-order valence-electron chi connectivity index (χ3n) is 8.68. The van der Waals surface area contributed by atoms with Crippen LogP contribution in [0.15, 0.2) is 23.3 Å². The molecule has 0 amide bonds. The van der Waals surface area contributed by atoms with Crippen LogP contribution in [0.3, 0.4) is 0 Å². The van der Waals surface area contributed by atoms with Gasteiger partial charge >= 0.3 is 11.9 Å². The average molecular weight is 415 g/mol. The first-order valence-corrected chi connectivity index (χ1v) is 11.4. The zero-order valence-corrected chi connectivity index (χ0v) is 18.7. The monoisotopic (exact) mass is 414 g/mol. The summed E-state index contributed by atoms with van der Waals surface area (Å²) in [6.07, 6.45) is 11.5. The molecule has 2 saturated carbocycles. The number of carbonyl (C=O) groups excluding carboxylic acids is 3. The molecule has 0 N–H and O–H groups in total. The fraction of sp³-hybridized carbons (Fsp3) is 0.720. The van der Waals surface area contributed by atoms with Crippen molar-refractivity contribution in [3.05, 3.63) is 23.3 Å². The van der Waals surface area contributed by atoms with Gasteiger partial charge in [-0.15, -0.1) is 0 Å². The second kappa shape index (κ2) is 7.65. The first kappa shape index (κ1) is 21.3. The number of hydrogen-bond acceptors (Lipinski definition) is 5. The smallest absolute Gasteiger partial charge is 0.303 e. The Kier molecular flexibility index (Phi) is 5.44. The molecule has 0 aromatic rings. The van der Waals surface area contributed by atoms with Gasteiger partial charge in [0.1, 0.15) is 6.10 Å². The van der Waals surface area contributed by atoms with Crippen LogP contribution in [0, 0.1) is 28.6 Å². The molecule has 0 spiro atoms. The third-order valence-corrected chi connectivity index (χ3v) is 8.68. The van der Waals surface area contributed by atoms with Gasteiger partial charge in [0.15, 0.2) is 12.4 Å². The van der Waals surface area contributed by atoms with Crippen LogP contribution in [0.1, 0.15) is 72.6 Å². The molecule has 6 atom stereocenters. The second-order valence-corrected chi connectivity index (χ2v) is 10.2. The van der Waals surface area contributed by atoms with Gasteiger partial charge in [-0.05, 0) is 67.1 Å². The molecule has 0 unspecified atom stereocenters. The minimum Gasteiger partial charge on any atom is -0.462 e. The highest BCUT2D eigenvalue weighted by Gasteiger charge is 2.57. The summed E-state index contributed by atoms with van der Waals surface area (Å²) >= 11 is 0. The highest BCUT2D eigenvalue weighted by Crippen LogP contribution is 2.65. The Bertz CT molecular complexity index is 823. The summed E-state index contributed by atoms with van der Waals surface area (Å²) in [5.41, 5.74) is 2.41. The van der Waals surface area contributed by atoms with Gasteiger partial charge in [0.2, 0.25) is 0 Å². The summed E-state index contributed by atoms with van der Waals surface area (Å²) < 4.78 is 10.5. The molecule has 0 aromatic heterocycles. The van der Waals surface area contributed by atoms with Gasteiger partial charge in [0.25, 0.3) is 0 Å². The molecule has 0 saturated heterocycles. The number of ketones is 1. The lowest BCUT2D eigenvalue weighted by molar-refractivity contribution is -0.148. The molecule has 4 aliphatic carbocycles. The van der Waals surface area contributed by atoms with Crippen molar-refractivity contribution in [2.24, 2.45) is 28.6 Å². The molecule has 30 heavy (non-hydrogen) atoms. The molecule has 0 aromatic carbocycles. The molecule has 4 aliphatic rings. The average Bonchev–Trinajstić information content (AvgIpc) is 3.03. The first-order valence-electron chi connectivity index (χ1n) is 11.4. The summed E-state index contributed by atoms with van der Waals surface area (Å²) in [6, 6.07) is 0. The van der Waals surface area contributed by atoms with Gasteiger partial charge in [-0.25, -0.2) is 0 Å². The Morgan fingerprint density at radius 1 is 0.967 bits per heavy atom. The second-order valence-electron chi connectivity index (χ2n) is 10.2. The number of hydrogen-bond donors (Lipinski definition) is 0. The summed E-state index contributed by atoms with van der Waals surface area (Å²) in [5.74, 6) is 1.02. The van der Waals surface area contributed by atoms with Gasteiger partial charge in [-0.1, -0.05) is 31.6 Å². The summed E-state index contributed by atoms with van der Waals surface area (Å²) in [4.78, 5) is 35.3. The summed E-state index contributed by atoms with van der Waals surface area (Å²) in [6.45, 7) is 7.36. The van der Waals surface area contributed by atoms with E-state index < -0.39 is 5.97 Å². The van der Waals surface area contributed by atoms with Crippen LogP contribution in [-0.4, -0.2) is 30.4 Å². The van der Waals surface area contributed by atoms with E-state index in [9.17, 15) is 14.4 Å². The molecule has 5 heteroatoms. The van der Waals surface area contributed by atoms with E-state index >= 15 is 0 Å². The fourth-order valence-corrected chi connectivity index (χ4v) is 7.21. The zero-order chi connectivity index (χ0) is 21.7. The van der Waals surface area contributed by atoms with Gasteiger partial charge in [0.05, 0.1) is 0 Å². The number of carbonyl (C=O) groups is 3. The first-order chi connectivity index (χ1) is 14.1. The normalized spacial score (nSPS) is 39.6. The van der Waals surface area contributed by atoms with Crippen molar-refractivity contribution < 1.29 is 23.9 Å².